The fourth-order valence-corrected chi connectivity index (χ4v) is 2.86. The van der Waals surface area contributed by atoms with Crippen LogP contribution in [-0.2, 0) is 10.9 Å². The van der Waals surface area contributed by atoms with Gasteiger partial charge in [-0.05, 0) is 36.8 Å². The third-order valence-corrected chi connectivity index (χ3v) is 4.27. The normalized spacial score (nSPS) is 18.3. The maximum atomic E-state index is 13.2. The Morgan fingerprint density at radius 1 is 1.31 bits per heavy atom. The molecule has 1 aromatic heterocycles. The van der Waals surface area contributed by atoms with Crippen molar-refractivity contribution in [3.8, 4) is 11.8 Å². The van der Waals surface area contributed by atoms with Gasteiger partial charge in [-0.1, -0.05) is 0 Å². The van der Waals surface area contributed by atoms with E-state index in [9.17, 15) is 23.2 Å². The molecular formula is C18H16F3N3O2. The molecule has 8 heteroatoms. The Hall–Kier alpha value is -2.79. The van der Waals surface area contributed by atoms with Crippen LogP contribution < -0.4 is 5.32 Å². The largest absolute Gasteiger partial charge is 0.416 e. The molecule has 1 amide bonds. The topological polar surface area (TPSA) is 67.0 Å². The quantitative estimate of drug-likeness (QED) is 0.907. The number of rotatable bonds is 4. The van der Waals surface area contributed by atoms with Gasteiger partial charge in [-0.2, -0.15) is 18.4 Å². The molecule has 0 bridgehead atoms. The summed E-state index contributed by atoms with van der Waals surface area (Å²) in [6.07, 6.45) is -0.794. The molecule has 1 saturated heterocycles. The van der Waals surface area contributed by atoms with Crippen molar-refractivity contribution in [2.75, 3.05) is 13.2 Å². The monoisotopic (exact) mass is 363 g/mol. The van der Waals surface area contributed by atoms with Crippen molar-refractivity contribution in [1.82, 2.24) is 9.88 Å². The van der Waals surface area contributed by atoms with Crippen molar-refractivity contribution in [2.24, 2.45) is 5.92 Å². The summed E-state index contributed by atoms with van der Waals surface area (Å²) >= 11 is 0. The number of amides is 1. The van der Waals surface area contributed by atoms with Crippen LogP contribution in [0.2, 0.25) is 0 Å². The first kappa shape index (κ1) is 18.0. The lowest BCUT2D eigenvalue weighted by Gasteiger charge is -2.18. The number of hydrogen-bond donors (Lipinski definition) is 1. The number of nitrogens with one attached hydrogen (secondary N) is 1. The van der Waals surface area contributed by atoms with E-state index in [0.717, 1.165) is 12.1 Å². The smallest absolute Gasteiger partial charge is 0.381 e. The molecule has 26 heavy (non-hydrogen) atoms. The molecule has 2 atom stereocenters. The van der Waals surface area contributed by atoms with Gasteiger partial charge in [0.15, 0.2) is 0 Å². The number of aromatic nitrogens is 1. The Morgan fingerprint density at radius 2 is 2.04 bits per heavy atom. The molecule has 3 rings (SSSR count). The predicted octanol–water partition coefficient (Wildman–Crippen LogP) is 3.15. The number of nitriles is 1. The van der Waals surface area contributed by atoms with Gasteiger partial charge in [0.2, 0.25) is 0 Å². The average molecular weight is 363 g/mol. The molecule has 1 fully saturated rings. The second-order valence-electron chi connectivity index (χ2n) is 6.06. The summed E-state index contributed by atoms with van der Waals surface area (Å²) in [7, 11) is 0. The minimum Gasteiger partial charge on any atom is -0.381 e. The van der Waals surface area contributed by atoms with Gasteiger partial charge >= 0.3 is 6.18 Å². The highest BCUT2D eigenvalue weighted by molar-refractivity contribution is 5.95. The molecule has 136 valence electrons. The van der Waals surface area contributed by atoms with Gasteiger partial charge in [-0.25, -0.2) is 0 Å². The number of hydrogen-bond acceptors (Lipinski definition) is 3. The van der Waals surface area contributed by atoms with Crippen LogP contribution in [0, 0.1) is 17.2 Å². The van der Waals surface area contributed by atoms with Crippen LogP contribution in [-0.4, -0.2) is 29.7 Å². The van der Waals surface area contributed by atoms with Crippen molar-refractivity contribution in [2.45, 2.75) is 18.6 Å². The summed E-state index contributed by atoms with van der Waals surface area (Å²) in [5, 5.41) is 11.8. The van der Waals surface area contributed by atoms with Gasteiger partial charge in [0.1, 0.15) is 6.04 Å². The zero-order chi connectivity index (χ0) is 18.7. The fourth-order valence-electron chi connectivity index (χ4n) is 2.86. The van der Waals surface area contributed by atoms with E-state index in [1.165, 1.54) is 10.6 Å². The van der Waals surface area contributed by atoms with Crippen molar-refractivity contribution >= 4 is 5.91 Å². The molecule has 2 aromatic rings. The van der Waals surface area contributed by atoms with Gasteiger partial charge in [0.05, 0.1) is 18.2 Å². The summed E-state index contributed by atoms with van der Waals surface area (Å²) in [6, 6.07) is 7.66. The van der Waals surface area contributed by atoms with Gasteiger partial charge in [-0.3, -0.25) is 4.79 Å². The molecule has 5 nitrogen and oxygen atoms in total. The minimum absolute atomic E-state index is 0.150. The number of carbonyl (C=O) groups excluding carboxylic acids is 1. The Bertz CT molecular complexity index is 819. The lowest BCUT2D eigenvalue weighted by molar-refractivity contribution is -0.137. The van der Waals surface area contributed by atoms with E-state index in [2.05, 4.69) is 5.32 Å². The van der Waals surface area contributed by atoms with E-state index < -0.39 is 23.7 Å². The van der Waals surface area contributed by atoms with Crippen molar-refractivity contribution in [3.05, 3.63) is 53.9 Å². The van der Waals surface area contributed by atoms with Gasteiger partial charge < -0.3 is 14.6 Å². The molecule has 2 heterocycles. The molecule has 1 aliphatic heterocycles. The molecule has 1 aromatic carbocycles. The molecule has 0 aliphatic carbocycles. The maximum Gasteiger partial charge on any atom is 0.416 e. The van der Waals surface area contributed by atoms with Crippen LogP contribution in [0.15, 0.2) is 42.7 Å². The van der Waals surface area contributed by atoms with Gasteiger partial charge in [-0.15, -0.1) is 0 Å². The molecule has 0 radical (unpaired) electrons. The molecule has 1 aliphatic rings. The summed E-state index contributed by atoms with van der Waals surface area (Å²) in [5.74, 6) is -0.887. The first-order valence-electron chi connectivity index (χ1n) is 8.02. The number of benzene rings is 1. The SMILES string of the molecule is N#CC(NC(=O)c1cc(-n2cccc2)cc(C(F)(F)F)c1)C1CCOC1. The number of alkyl halides is 3. The molecule has 0 spiro atoms. The predicted molar refractivity (Wildman–Crippen MR) is 86.6 cm³/mol. The first-order valence-corrected chi connectivity index (χ1v) is 8.02. The standard InChI is InChI=1S/C18H16F3N3O2/c19-18(20,21)14-7-13(8-15(9-14)24-4-1-2-5-24)17(25)23-16(10-22)12-3-6-26-11-12/h1-2,4-5,7-9,12,16H,3,6,11H2,(H,23,25). The van der Waals surface area contributed by atoms with Crippen LogP contribution in [0.5, 0.6) is 0 Å². The molecular weight excluding hydrogens is 347 g/mol. The minimum atomic E-state index is -4.59. The van der Waals surface area contributed by atoms with Crippen LogP contribution in [0.3, 0.4) is 0 Å². The van der Waals surface area contributed by atoms with E-state index in [1.54, 1.807) is 24.5 Å². The van der Waals surface area contributed by atoms with Crippen LogP contribution >= 0.6 is 0 Å². The summed E-state index contributed by atoms with van der Waals surface area (Å²) in [5.41, 5.74) is -0.859. The summed E-state index contributed by atoms with van der Waals surface area (Å²) < 4.78 is 46.3. The van der Waals surface area contributed by atoms with E-state index in [1.807, 2.05) is 6.07 Å². The Morgan fingerprint density at radius 3 is 2.62 bits per heavy atom. The van der Waals surface area contributed by atoms with Crippen molar-refractivity contribution in [1.29, 1.82) is 5.26 Å². The third kappa shape index (κ3) is 3.89. The van der Waals surface area contributed by atoms with Crippen LogP contribution in [0.25, 0.3) is 5.69 Å². The average Bonchev–Trinajstić information content (AvgIpc) is 3.31. The van der Waals surface area contributed by atoms with Crippen molar-refractivity contribution in [3.63, 3.8) is 0 Å². The second-order valence-corrected chi connectivity index (χ2v) is 6.06. The number of halogens is 3. The molecule has 0 saturated carbocycles. The van der Waals surface area contributed by atoms with E-state index in [-0.39, 0.29) is 17.2 Å². The van der Waals surface area contributed by atoms with Gasteiger partial charge in [0.25, 0.3) is 5.91 Å². The zero-order valence-electron chi connectivity index (χ0n) is 13.7. The molecule has 2 unspecified atom stereocenters. The lowest BCUT2D eigenvalue weighted by atomic mass is 9.99. The van der Waals surface area contributed by atoms with E-state index in [4.69, 9.17) is 4.74 Å². The van der Waals surface area contributed by atoms with Gasteiger partial charge in [0, 0.05) is 36.2 Å². The first-order chi connectivity index (χ1) is 12.4. The van der Waals surface area contributed by atoms with Crippen molar-refractivity contribution < 1.29 is 22.7 Å². The fraction of sp³-hybridized carbons (Fsp3) is 0.333. The number of carbonyl (C=O) groups is 1. The Labute approximate surface area is 148 Å². The molecule has 1 N–H and O–H groups in total. The van der Waals surface area contributed by atoms with Crippen LogP contribution in [0.1, 0.15) is 22.3 Å². The Balaban J connectivity index is 1.91. The van der Waals surface area contributed by atoms with Crippen LogP contribution in [0.4, 0.5) is 13.2 Å². The number of nitrogens with zero attached hydrogens (tertiary/aromatic N) is 2. The van der Waals surface area contributed by atoms with E-state index >= 15 is 0 Å². The highest BCUT2D eigenvalue weighted by atomic mass is 19.4. The number of ether oxygens (including phenoxy) is 1. The lowest BCUT2D eigenvalue weighted by Crippen LogP contribution is -2.39. The summed E-state index contributed by atoms with van der Waals surface area (Å²) in [6.45, 7) is 0.843. The maximum absolute atomic E-state index is 13.2. The summed E-state index contributed by atoms with van der Waals surface area (Å²) in [4.78, 5) is 12.5. The highest BCUT2D eigenvalue weighted by Crippen LogP contribution is 2.31. The Kier molecular flexibility index (Phi) is 5.00. The highest BCUT2D eigenvalue weighted by Gasteiger charge is 2.33. The third-order valence-electron chi connectivity index (χ3n) is 4.27. The van der Waals surface area contributed by atoms with E-state index in [0.29, 0.717) is 19.6 Å². The second kappa shape index (κ2) is 7.22. The zero-order valence-corrected chi connectivity index (χ0v) is 13.7.